The summed E-state index contributed by atoms with van der Waals surface area (Å²) in [5, 5.41) is 33.4. The number of nitrogens with zero attached hydrogens (tertiary/aromatic N) is 1. The van der Waals surface area contributed by atoms with Gasteiger partial charge in [-0.05, 0) is 7.05 Å². The van der Waals surface area contributed by atoms with Gasteiger partial charge in [-0.15, -0.1) is 0 Å². The van der Waals surface area contributed by atoms with Crippen molar-refractivity contribution >= 4 is 19.1 Å². The van der Waals surface area contributed by atoms with Gasteiger partial charge < -0.3 is 20.3 Å². The van der Waals surface area contributed by atoms with E-state index in [1.807, 2.05) is 30.3 Å². The summed E-state index contributed by atoms with van der Waals surface area (Å²) in [5.74, 6) is -2.05. The maximum atomic E-state index is 9.96. The summed E-state index contributed by atoms with van der Waals surface area (Å²) in [6.07, 6.45) is 0.306. The molecule has 0 aliphatic heterocycles. The summed E-state index contributed by atoms with van der Waals surface area (Å²) in [4.78, 5) is 21.1. The maximum absolute atomic E-state index is 9.96. The maximum Gasteiger partial charge on any atom is 0.456 e. The fourth-order valence-corrected chi connectivity index (χ4v) is 1.34. The van der Waals surface area contributed by atoms with Crippen LogP contribution in [0.15, 0.2) is 30.3 Å². The van der Waals surface area contributed by atoms with Gasteiger partial charge in [-0.25, -0.2) is 0 Å². The third-order valence-electron chi connectivity index (χ3n) is 2.07. The van der Waals surface area contributed by atoms with Crippen LogP contribution in [-0.4, -0.2) is 64.4 Å². The van der Waals surface area contributed by atoms with Gasteiger partial charge in [-0.1, -0.05) is 35.9 Å². The fourth-order valence-electron chi connectivity index (χ4n) is 1.34. The minimum Gasteiger partial charge on any atom is -0.480 e. The number of likely N-dealkylation sites (N-methyl/N-ethyl adjacent to an activating group) is 1. The van der Waals surface area contributed by atoms with Crippen molar-refractivity contribution < 1.29 is 29.9 Å². The normalized spacial score (nSPS) is 9.60. The number of benzene rings is 1. The quantitative estimate of drug-likeness (QED) is 0.511. The first kappa shape index (κ1) is 18.1. The van der Waals surface area contributed by atoms with E-state index in [-0.39, 0.29) is 13.1 Å². The van der Waals surface area contributed by atoms with Gasteiger partial charge in [0, 0.05) is 6.32 Å². The highest BCUT2D eigenvalue weighted by atomic mass is 16.4. The first-order valence-electron chi connectivity index (χ1n) is 5.83. The van der Waals surface area contributed by atoms with Gasteiger partial charge >= 0.3 is 19.1 Å². The lowest BCUT2D eigenvalue weighted by Gasteiger charge is -2.08. The number of hydrogen-bond acceptors (Lipinski definition) is 5. The molecule has 0 aliphatic carbocycles. The summed E-state index contributed by atoms with van der Waals surface area (Å²) in [7, 11) is 0.199. The molecule has 1 aromatic rings. The van der Waals surface area contributed by atoms with Crippen LogP contribution in [-0.2, 0) is 15.9 Å². The average molecular weight is 283 g/mol. The number of rotatable bonds is 6. The van der Waals surface area contributed by atoms with Crippen molar-refractivity contribution in [3.05, 3.63) is 35.9 Å². The molecule has 4 N–H and O–H groups in total. The molecule has 0 heterocycles. The topological polar surface area (TPSA) is 118 Å². The highest BCUT2D eigenvalue weighted by molar-refractivity contribution is 6.40. The van der Waals surface area contributed by atoms with Crippen molar-refractivity contribution in [1.29, 1.82) is 0 Å². The Hall–Kier alpha value is -1.90. The van der Waals surface area contributed by atoms with Crippen LogP contribution in [0.2, 0.25) is 0 Å². The van der Waals surface area contributed by atoms with E-state index >= 15 is 0 Å². The third-order valence-corrected chi connectivity index (χ3v) is 2.07. The zero-order chi connectivity index (χ0) is 15.5. The van der Waals surface area contributed by atoms with E-state index in [1.54, 1.807) is 0 Å². The molecule has 20 heavy (non-hydrogen) atoms. The van der Waals surface area contributed by atoms with Crippen LogP contribution in [0.3, 0.4) is 0 Å². The van der Waals surface area contributed by atoms with Gasteiger partial charge in [0.25, 0.3) is 0 Å². The van der Waals surface area contributed by atoms with E-state index in [1.165, 1.54) is 11.9 Å². The van der Waals surface area contributed by atoms with Gasteiger partial charge in [0.2, 0.25) is 0 Å². The van der Waals surface area contributed by atoms with Crippen LogP contribution >= 0.6 is 0 Å². The largest absolute Gasteiger partial charge is 0.480 e. The second-order valence-electron chi connectivity index (χ2n) is 4.13. The second kappa shape index (κ2) is 9.96. The van der Waals surface area contributed by atoms with Crippen LogP contribution in [0, 0.1) is 0 Å². The molecule has 0 atom stereocenters. The second-order valence-corrected chi connectivity index (χ2v) is 4.13. The minimum atomic E-state index is -1.23. The monoisotopic (exact) mass is 283 g/mol. The highest BCUT2D eigenvalue weighted by Crippen LogP contribution is 1.98. The van der Waals surface area contributed by atoms with Crippen molar-refractivity contribution in [2.45, 2.75) is 6.32 Å². The van der Waals surface area contributed by atoms with Gasteiger partial charge in [0.1, 0.15) is 0 Å². The lowest BCUT2D eigenvalue weighted by molar-refractivity contribution is -0.141. The van der Waals surface area contributed by atoms with Gasteiger partial charge in [0.15, 0.2) is 0 Å². The Morgan fingerprint density at radius 3 is 1.85 bits per heavy atom. The fraction of sp³-hybridized carbons (Fsp3) is 0.333. The molecule has 0 aromatic heterocycles. The first-order chi connectivity index (χ1) is 9.31. The molecule has 1 rings (SSSR count). The Balaban J connectivity index is 0.000000361. The standard InChI is InChI=1S/C7H9BO2.C5H9NO4/c9-8(10)6-7-4-2-1-3-5-7;1-6(2-4(7)8)3-5(9)10/h1-5,9-10H,6H2;2-3H2,1H3,(H,7,8)(H,9,10). The molecule has 0 saturated heterocycles. The zero-order valence-corrected chi connectivity index (χ0v) is 11.1. The number of carboxylic acids is 2. The first-order valence-corrected chi connectivity index (χ1v) is 5.83. The van der Waals surface area contributed by atoms with Gasteiger partial charge in [0.05, 0.1) is 13.1 Å². The predicted octanol–water partition coefficient (Wildman–Crippen LogP) is -0.671. The molecule has 0 spiro atoms. The van der Waals surface area contributed by atoms with Crippen LogP contribution < -0.4 is 0 Å². The summed E-state index contributed by atoms with van der Waals surface area (Å²) >= 11 is 0. The van der Waals surface area contributed by atoms with Gasteiger partial charge in [-0.2, -0.15) is 0 Å². The number of hydrogen-bond donors (Lipinski definition) is 4. The summed E-state index contributed by atoms with van der Waals surface area (Å²) in [6, 6.07) is 9.36. The van der Waals surface area contributed by atoms with Gasteiger partial charge in [-0.3, -0.25) is 14.5 Å². The van der Waals surface area contributed by atoms with Crippen molar-refractivity contribution in [2.24, 2.45) is 0 Å². The van der Waals surface area contributed by atoms with E-state index in [0.29, 0.717) is 6.32 Å². The SMILES string of the molecule is CN(CC(=O)O)CC(=O)O.OB(O)Cc1ccccc1. The molecule has 0 unspecified atom stereocenters. The molecule has 0 aliphatic rings. The zero-order valence-electron chi connectivity index (χ0n) is 11.1. The Kier molecular flexibility index (Phi) is 9.02. The van der Waals surface area contributed by atoms with E-state index in [0.717, 1.165) is 5.56 Å². The third kappa shape index (κ3) is 11.2. The van der Waals surface area contributed by atoms with E-state index in [2.05, 4.69) is 0 Å². The lowest BCUT2D eigenvalue weighted by Crippen LogP contribution is -2.30. The van der Waals surface area contributed by atoms with Crippen molar-refractivity contribution in [1.82, 2.24) is 4.90 Å². The summed E-state index contributed by atoms with van der Waals surface area (Å²) < 4.78 is 0. The lowest BCUT2D eigenvalue weighted by atomic mass is 9.82. The van der Waals surface area contributed by atoms with Crippen LogP contribution in [0.25, 0.3) is 0 Å². The molecule has 0 fully saturated rings. The number of carbonyl (C=O) groups is 2. The average Bonchev–Trinajstić information content (AvgIpc) is 2.27. The summed E-state index contributed by atoms with van der Waals surface area (Å²) in [5.41, 5.74) is 0.942. The van der Waals surface area contributed by atoms with E-state index in [4.69, 9.17) is 20.3 Å². The van der Waals surface area contributed by atoms with E-state index < -0.39 is 19.1 Å². The van der Waals surface area contributed by atoms with Crippen molar-refractivity contribution in [3.63, 3.8) is 0 Å². The molecular formula is C12H18BNO6. The molecule has 8 heteroatoms. The number of carboxylic acid groups (broad SMARTS) is 2. The molecule has 0 saturated carbocycles. The minimum absolute atomic E-state index is 0.244. The molecule has 7 nitrogen and oxygen atoms in total. The summed E-state index contributed by atoms with van der Waals surface area (Å²) in [6.45, 7) is -0.488. The van der Waals surface area contributed by atoms with Crippen molar-refractivity contribution in [2.75, 3.05) is 20.1 Å². The Bertz CT molecular complexity index is 396. The molecular weight excluding hydrogens is 265 g/mol. The Labute approximate surface area is 117 Å². The molecule has 0 bridgehead atoms. The van der Waals surface area contributed by atoms with Crippen LogP contribution in [0.5, 0.6) is 0 Å². The van der Waals surface area contributed by atoms with Crippen LogP contribution in [0.4, 0.5) is 0 Å². The highest BCUT2D eigenvalue weighted by Gasteiger charge is 2.07. The number of aliphatic carboxylic acids is 2. The molecule has 0 radical (unpaired) electrons. The van der Waals surface area contributed by atoms with Crippen LogP contribution in [0.1, 0.15) is 5.56 Å². The molecule has 110 valence electrons. The molecule has 0 amide bonds. The van der Waals surface area contributed by atoms with Crippen molar-refractivity contribution in [3.8, 4) is 0 Å². The Morgan fingerprint density at radius 1 is 1.05 bits per heavy atom. The molecule has 1 aromatic carbocycles. The predicted molar refractivity (Wildman–Crippen MR) is 73.1 cm³/mol. The van der Waals surface area contributed by atoms with E-state index in [9.17, 15) is 9.59 Å². The Morgan fingerprint density at radius 2 is 1.50 bits per heavy atom. The smallest absolute Gasteiger partial charge is 0.456 e.